The molecule has 0 radical (unpaired) electrons. The van der Waals surface area contributed by atoms with Crippen molar-refractivity contribution < 1.29 is 0 Å². The first-order chi connectivity index (χ1) is 9.15. The van der Waals surface area contributed by atoms with Gasteiger partial charge in [0.15, 0.2) is 0 Å². The van der Waals surface area contributed by atoms with Crippen LogP contribution >= 0.6 is 0 Å². The SMILES string of the molecule is CCNC1CCCCCCC1N(C)CCCN(C)C. The van der Waals surface area contributed by atoms with Crippen molar-refractivity contribution in [3.8, 4) is 0 Å². The van der Waals surface area contributed by atoms with E-state index in [4.69, 9.17) is 0 Å². The first kappa shape index (κ1) is 16.9. The summed E-state index contributed by atoms with van der Waals surface area (Å²) in [7, 11) is 6.65. The zero-order valence-electron chi connectivity index (χ0n) is 13.6. The van der Waals surface area contributed by atoms with E-state index < -0.39 is 0 Å². The summed E-state index contributed by atoms with van der Waals surface area (Å²) < 4.78 is 0. The van der Waals surface area contributed by atoms with Gasteiger partial charge in [0.05, 0.1) is 0 Å². The van der Waals surface area contributed by atoms with Crippen LogP contribution in [-0.4, -0.2) is 62.7 Å². The molecule has 2 unspecified atom stereocenters. The number of hydrogen-bond donors (Lipinski definition) is 1. The zero-order valence-corrected chi connectivity index (χ0v) is 13.6. The van der Waals surface area contributed by atoms with Gasteiger partial charge in [-0.2, -0.15) is 0 Å². The van der Waals surface area contributed by atoms with Crippen LogP contribution in [0.4, 0.5) is 0 Å². The Labute approximate surface area is 120 Å². The highest BCUT2D eigenvalue weighted by molar-refractivity contribution is 4.84. The summed E-state index contributed by atoms with van der Waals surface area (Å²) in [6, 6.07) is 1.44. The van der Waals surface area contributed by atoms with E-state index in [2.05, 4.69) is 43.2 Å². The first-order valence-corrected chi connectivity index (χ1v) is 8.23. The third-order valence-electron chi connectivity index (χ3n) is 4.38. The molecule has 1 aliphatic carbocycles. The number of likely N-dealkylation sites (N-methyl/N-ethyl adjacent to an activating group) is 2. The molecule has 1 N–H and O–H groups in total. The van der Waals surface area contributed by atoms with Gasteiger partial charge in [-0.25, -0.2) is 0 Å². The van der Waals surface area contributed by atoms with Crippen molar-refractivity contribution >= 4 is 0 Å². The van der Waals surface area contributed by atoms with Gasteiger partial charge in [-0.3, -0.25) is 0 Å². The normalized spacial score (nSPS) is 25.6. The summed E-state index contributed by atoms with van der Waals surface area (Å²) in [6.07, 6.45) is 9.68. The van der Waals surface area contributed by atoms with Crippen molar-refractivity contribution in [3.05, 3.63) is 0 Å². The topological polar surface area (TPSA) is 18.5 Å². The lowest BCUT2D eigenvalue weighted by molar-refractivity contribution is 0.158. The highest BCUT2D eigenvalue weighted by atomic mass is 15.2. The van der Waals surface area contributed by atoms with Gasteiger partial charge in [0, 0.05) is 12.1 Å². The molecule has 0 aliphatic heterocycles. The van der Waals surface area contributed by atoms with Gasteiger partial charge >= 0.3 is 0 Å². The minimum atomic E-state index is 0.703. The lowest BCUT2D eigenvalue weighted by Crippen LogP contribution is -2.49. The van der Waals surface area contributed by atoms with E-state index in [1.807, 2.05) is 0 Å². The minimum absolute atomic E-state index is 0.703. The highest BCUT2D eigenvalue weighted by Gasteiger charge is 2.25. The van der Waals surface area contributed by atoms with Crippen LogP contribution in [0.1, 0.15) is 51.9 Å². The van der Waals surface area contributed by atoms with E-state index in [1.165, 1.54) is 58.0 Å². The lowest BCUT2D eigenvalue weighted by atomic mass is 9.91. The lowest BCUT2D eigenvalue weighted by Gasteiger charge is -2.37. The fraction of sp³-hybridized carbons (Fsp3) is 1.00. The standard InChI is InChI=1S/C16H35N3/c1-5-17-15-11-8-6-7-9-12-16(15)19(4)14-10-13-18(2)3/h15-17H,5-14H2,1-4H3. The highest BCUT2D eigenvalue weighted by Crippen LogP contribution is 2.21. The van der Waals surface area contributed by atoms with Gasteiger partial charge in [-0.05, 0) is 60.0 Å². The molecule has 1 rings (SSSR count). The van der Waals surface area contributed by atoms with Crippen LogP contribution in [0.3, 0.4) is 0 Å². The fourth-order valence-corrected chi connectivity index (χ4v) is 3.29. The molecule has 1 fully saturated rings. The molecule has 1 saturated carbocycles. The molecule has 2 atom stereocenters. The maximum Gasteiger partial charge on any atom is 0.0246 e. The van der Waals surface area contributed by atoms with Crippen LogP contribution in [-0.2, 0) is 0 Å². The third kappa shape index (κ3) is 6.73. The summed E-state index contributed by atoms with van der Waals surface area (Å²) in [5, 5.41) is 3.73. The van der Waals surface area contributed by atoms with Crippen molar-refractivity contribution in [1.29, 1.82) is 0 Å². The van der Waals surface area contributed by atoms with E-state index in [0.717, 1.165) is 12.6 Å². The second-order valence-electron chi connectivity index (χ2n) is 6.36. The second kappa shape index (κ2) is 9.73. The van der Waals surface area contributed by atoms with Crippen LogP contribution in [0.2, 0.25) is 0 Å². The number of hydrogen-bond acceptors (Lipinski definition) is 3. The first-order valence-electron chi connectivity index (χ1n) is 8.23. The van der Waals surface area contributed by atoms with Crippen molar-refractivity contribution in [1.82, 2.24) is 15.1 Å². The van der Waals surface area contributed by atoms with Crippen molar-refractivity contribution in [3.63, 3.8) is 0 Å². The molecule has 0 aromatic carbocycles. The van der Waals surface area contributed by atoms with Gasteiger partial charge in [-0.15, -0.1) is 0 Å². The Bertz CT molecular complexity index is 218. The maximum atomic E-state index is 3.73. The molecule has 3 heteroatoms. The van der Waals surface area contributed by atoms with E-state index >= 15 is 0 Å². The summed E-state index contributed by atoms with van der Waals surface area (Å²) in [4.78, 5) is 4.90. The average Bonchev–Trinajstić information content (AvgIpc) is 2.32. The quantitative estimate of drug-likeness (QED) is 0.766. The number of nitrogens with zero attached hydrogens (tertiary/aromatic N) is 2. The predicted octanol–water partition coefficient (Wildman–Crippen LogP) is 2.57. The molecule has 1 aliphatic rings. The molecule has 0 aromatic rings. The summed E-state index contributed by atoms with van der Waals surface area (Å²) in [5.74, 6) is 0. The van der Waals surface area contributed by atoms with E-state index in [0.29, 0.717) is 6.04 Å². The predicted molar refractivity (Wildman–Crippen MR) is 84.8 cm³/mol. The van der Waals surface area contributed by atoms with E-state index in [-0.39, 0.29) is 0 Å². The summed E-state index contributed by atoms with van der Waals surface area (Å²) in [6.45, 7) is 5.77. The maximum absolute atomic E-state index is 3.73. The summed E-state index contributed by atoms with van der Waals surface area (Å²) >= 11 is 0. The Kier molecular flexibility index (Phi) is 8.67. The number of rotatable bonds is 7. The molecule has 0 aromatic heterocycles. The zero-order chi connectivity index (χ0) is 14.1. The van der Waals surface area contributed by atoms with Crippen LogP contribution in [0.15, 0.2) is 0 Å². The minimum Gasteiger partial charge on any atom is -0.313 e. The van der Waals surface area contributed by atoms with E-state index in [9.17, 15) is 0 Å². The molecule has 0 spiro atoms. The number of nitrogens with one attached hydrogen (secondary N) is 1. The molecular formula is C16H35N3. The van der Waals surface area contributed by atoms with Crippen LogP contribution in [0.5, 0.6) is 0 Å². The summed E-state index contributed by atoms with van der Waals surface area (Å²) in [5.41, 5.74) is 0. The van der Waals surface area contributed by atoms with E-state index in [1.54, 1.807) is 0 Å². The monoisotopic (exact) mass is 269 g/mol. The molecule has 114 valence electrons. The van der Waals surface area contributed by atoms with Gasteiger partial charge in [0.25, 0.3) is 0 Å². The molecule has 0 saturated heterocycles. The second-order valence-corrected chi connectivity index (χ2v) is 6.36. The van der Waals surface area contributed by atoms with Gasteiger partial charge in [-0.1, -0.05) is 32.6 Å². The average molecular weight is 269 g/mol. The molecule has 0 bridgehead atoms. The van der Waals surface area contributed by atoms with Crippen LogP contribution in [0.25, 0.3) is 0 Å². The Morgan fingerprint density at radius 3 is 2.26 bits per heavy atom. The van der Waals surface area contributed by atoms with Gasteiger partial charge < -0.3 is 15.1 Å². The van der Waals surface area contributed by atoms with Crippen molar-refractivity contribution in [2.45, 2.75) is 64.0 Å². The Morgan fingerprint density at radius 1 is 0.947 bits per heavy atom. The van der Waals surface area contributed by atoms with Gasteiger partial charge in [0.1, 0.15) is 0 Å². The van der Waals surface area contributed by atoms with Crippen LogP contribution < -0.4 is 5.32 Å². The largest absolute Gasteiger partial charge is 0.313 e. The fourth-order valence-electron chi connectivity index (χ4n) is 3.29. The Balaban J connectivity index is 2.46. The molecular weight excluding hydrogens is 234 g/mol. The van der Waals surface area contributed by atoms with Gasteiger partial charge in [0.2, 0.25) is 0 Å². The van der Waals surface area contributed by atoms with Crippen molar-refractivity contribution in [2.24, 2.45) is 0 Å². The Morgan fingerprint density at radius 2 is 1.63 bits per heavy atom. The molecule has 0 heterocycles. The Hall–Kier alpha value is -0.120. The van der Waals surface area contributed by atoms with Crippen LogP contribution in [0, 0.1) is 0 Å². The van der Waals surface area contributed by atoms with Crippen molar-refractivity contribution in [2.75, 3.05) is 40.8 Å². The molecule has 0 amide bonds. The molecule has 19 heavy (non-hydrogen) atoms. The molecule has 3 nitrogen and oxygen atoms in total. The smallest absolute Gasteiger partial charge is 0.0246 e. The third-order valence-corrected chi connectivity index (χ3v) is 4.38.